The normalized spacial score (nSPS) is 10.7. The molecule has 2 heterocycles. The van der Waals surface area contributed by atoms with E-state index in [-0.39, 0.29) is 0 Å². The van der Waals surface area contributed by atoms with Crippen molar-refractivity contribution >= 4 is 22.4 Å². The maximum atomic E-state index is 5.98. The quantitative estimate of drug-likeness (QED) is 0.600. The molecule has 0 saturated heterocycles. The lowest BCUT2D eigenvalue weighted by Crippen LogP contribution is -1.90. The van der Waals surface area contributed by atoms with Crippen molar-refractivity contribution in [3.8, 4) is 0 Å². The van der Waals surface area contributed by atoms with E-state index in [1.54, 1.807) is 12.4 Å². The van der Waals surface area contributed by atoms with Crippen molar-refractivity contribution < 1.29 is 0 Å². The predicted octanol–water partition coefficient (Wildman–Crippen LogP) is 2.90. The minimum Gasteiger partial charge on any atom is -0.264 e. The first kappa shape index (κ1) is 8.45. The Balaban J connectivity index is 2.97. The third kappa shape index (κ3) is 1.27. The van der Waals surface area contributed by atoms with Crippen LogP contribution in [-0.4, -0.2) is 9.97 Å². The molecule has 0 saturated carbocycles. The maximum absolute atomic E-state index is 5.98. The summed E-state index contributed by atoms with van der Waals surface area (Å²) in [5.74, 6) is 0. The molecule has 13 heavy (non-hydrogen) atoms. The number of aromatic nitrogens is 2. The molecule has 0 fully saturated rings. The fraction of sp³-hybridized carbons (Fsp3) is 0.200. The molecule has 0 N–H and O–H groups in total. The molecule has 2 aromatic rings. The summed E-state index contributed by atoms with van der Waals surface area (Å²) in [5, 5.41) is 2.59. The van der Waals surface area contributed by atoms with Crippen molar-refractivity contribution in [3.63, 3.8) is 0 Å². The van der Waals surface area contributed by atoms with E-state index in [2.05, 4.69) is 9.97 Å². The lowest BCUT2D eigenvalue weighted by Gasteiger charge is -2.05. The van der Waals surface area contributed by atoms with Gasteiger partial charge in [0.15, 0.2) is 0 Å². The van der Waals surface area contributed by atoms with Gasteiger partial charge in [0.05, 0.1) is 0 Å². The van der Waals surface area contributed by atoms with Gasteiger partial charge >= 0.3 is 0 Å². The second-order valence-corrected chi connectivity index (χ2v) is 3.39. The predicted molar refractivity (Wildman–Crippen MR) is 54.0 cm³/mol. The van der Waals surface area contributed by atoms with E-state index in [9.17, 15) is 0 Å². The van der Waals surface area contributed by atoms with Gasteiger partial charge in [0.1, 0.15) is 5.15 Å². The third-order valence-electron chi connectivity index (χ3n) is 2.26. The molecule has 0 spiro atoms. The molecule has 2 aromatic heterocycles. The first-order chi connectivity index (χ1) is 6.20. The van der Waals surface area contributed by atoms with Crippen LogP contribution in [0.4, 0.5) is 0 Å². The van der Waals surface area contributed by atoms with Gasteiger partial charge in [0.2, 0.25) is 0 Å². The molecule has 2 rings (SSSR count). The van der Waals surface area contributed by atoms with Crippen LogP contribution >= 0.6 is 11.6 Å². The lowest BCUT2D eigenvalue weighted by molar-refractivity contribution is 1.17. The Bertz CT molecular complexity index is 466. The van der Waals surface area contributed by atoms with E-state index in [1.165, 1.54) is 5.56 Å². The number of halogens is 1. The number of nitrogens with zero attached hydrogens (tertiary/aromatic N) is 2. The molecule has 0 aliphatic carbocycles. The van der Waals surface area contributed by atoms with Crippen molar-refractivity contribution in [2.45, 2.75) is 13.8 Å². The average molecular weight is 193 g/mol. The fourth-order valence-corrected chi connectivity index (χ4v) is 1.65. The smallest absolute Gasteiger partial charge is 0.138 e. The van der Waals surface area contributed by atoms with Crippen LogP contribution in [0.2, 0.25) is 5.15 Å². The van der Waals surface area contributed by atoms with Crippen molar-refractivity contribution in [3.05, 3.63) is 34.9 Å². The first-order valence-electron chi connectivity index (χ1n) is 4.06. The second-order valence-electron chi connectivity index (χ2n) is 3.03. The largest absolute Gasteiger partial charge is 0.264 e. The van der Waals surface area contributed by atoms with Crippen molar-refractivity contribution in [1.29, 1.82) is 0 Å². The molecule has 0 aliphatic heterocycles. The molecular weight excluding hydrogens is 184 g/mol. The van der Waals surface area contributed by atoms with Crippen molar-refractivity contribution in [1.82, 2.24) is 9.97 Å². The highest BCUT2D eigenvalue weighted by molar-refractivity contribution is 6.34. The molecule has 0 radical (unpaired) electrons. The molecule has 0 aromatic carbocycles. The number of rotatable bonds is 0. The van der Waals surface area contributed by atoms with Crippen LogP contribution in [0.3, 0.4) is 0 Å². The second kappa shape index (κ2) is 2.96. The highest BCUT2D eigenvalue weighted by atomic mass is 35.5. The molecule has 0 aliphatic rings. The SMILES string of the molecule is Cc1nc(Cl)c2cnccc2c1C. The minimum absolute atomic E-state index is 0.534. The molecule has 0 unspecified atom stereocenters. The van der Waals surface area contributed by atoms with Gasteiger partial charge in [-0.15, -0.1) is 0 Å². The van der Waals surface area contributed by atoms with E-state index in [1.807, 2.05) is 19.9 Å². The van der Waals surface area contributed by atoms with Gasteiger partial charge in [0.25, 0.3) is 0 Å². The van der Waals surface area contributed by atoms with Crippen LogP contribution < -0.4 is 0 Å². The number of pyridine rings is 2. The highest BCUT2D eigenvalue weighted by Crippen LogP contribution is 2.24. The highest BCUT2D eigenvalue weighted by Gasteiger charge is 2.05. The first-order valence-corrected chi connectivity index (χ1v) is 4.44. The zero-order chi connectivity index (χ0) is 9.42. The van der Waals surface area contributed by atoms with Crippen LogP contribution in [0.15, 0.2) is 18.5 Å². The summed E-state index contributed by atoms with van der Waals surface area (Å²) >= 11 is 5.98. The van der Waals surface area contributed by atoms with Gasteiger partial charge < -0.3 is 0 Å². The average Bonchev–Trinajstić information content (AvgIpc) is 2.15. The zero-order valence-electron chi connectivity index (χ0n) is 7.50. The summed E-state index contributed by atoms with van der Waals surface area (Å²) in [4.78, 5) is 8.25. The van der Waals surface area contributed by atoms with Gasteiger partial charge in [-0.2, -0.15) is 0 Å². The molecule has 0 atom stereocenters. The third-order valence-corrected chi connectivity index (χ3v) is 2.54. The Hall–Kier alpha value is -1.15. The Kier molecular flexibility index (Phi) is 1.93. The summed E-state index contributed by atoms with van der Waals surface area (Å²) in [7, 11) is 0. The minimum atomic E-state index is 0.534. The zero-order valence-corrected chi connectivity index (χ0v) is 8.26. The summed E-state index contributed by atoms with van der Waals surface area (Å²) in [6.45, 7) is 4.00. The molecule has 0 bridgehead atoms. The van der Waals surface area contributed by atoms with Gasteiger partial charge in [0, 0.05) is 23.5 Å². The van der Waals surface area contributed by atoms with Gasteiger partial charge in [-0.1, -0.05) is 11.6 Å². The molecular formula is C10H9ClN2. The van der Waals surface area contributed by atoms with Gasteiger partial charge in [-0.05, 0) is 30.9 Å². The Labute approximate surface area is 81.6 Å². The molecule has 0 amide bonds. The van der Waals surface area contributed by atoms with Crippen LogP contribution in [0.25, 0.3) is 10.8 Å². The number of hydrogen-bond donors (Lipinski definition) is 0. The summed E-state index contributed by atoms with van der Waals surface area (Å²) in [5.41, 5.74) is 2.14. The Morgan fingerprint density at radius 1 is 1.23 bits per heavy atom. The summed E-state index contributed by atoms with van der Waals surface area (Å²) < 4.78 is 0. The standard InChI is InChI=1S/C10H9ClN2/c1-6-7(2)13-10(11)9-5-12-4-3-8(6)9/h3-5H,1-2H3. The van der Waals surface area contributed by atoms with Crippen LogP contribution in [0, 0.1) is 13.8 Å². The number of hydrogen-bond acceptors (Lipinski definition) is 2. The van der Waals surface area contributed by atoms with E-state index < -0.39 is 0 Å². The van der Waals surface area contributed by atoms with E-state index in [4.69, 9.17) is 11.6 Å². The van der Waals surface area contributed by atoms with Crippen molar-refractivity contribution in [2.24, 2.45) is 0 Å². The van der Waals surface area contributed by atoms with Crippen molar-refractivity contribution in [2.75, 3.05) is 0 Å². The maximum Gasteiger partial charge on any atom is 0.138 e. The van der Waals surface area contributed by atoms with E-state index >= 15 is 0 Å². The Morgan fingerprint density at radius 3 is 2.77 bits per heavy atom. The molecule has 3 heteroatoms. The Morgan fingerprint density at radius 2 is 2.00 bits per heavy atom. The van der Waals surface area contributed by atoms with Gasteiger partial charge in [-0.3, -0.25) is 4.98 Å². The fourth-order valence-electron chi connectivity index (χ4n) is 1.37. The summed E-state index contributed by atoms with van der Waals surface area (Å²) in [6.07, 6.45) is 3.52. The topological polar surface area (TPSA) is 25.8 Å². The van der Waals surface area contributed by atoms with Crippen LogP contribution in [0.1, 0.15) is 11.3 Å². The van der Waals surface area contributed by atoms with E-state index in [0.717, 1.165) is 16.5 Å². The van der Waals surface area contributed by atoms with Crippen LogP contribution in [-0.2, 0) is 0 Å². The van der Waals surface area contributed by atoms with E-state index in [0.29, 0.717) is 5.15 Å². The summed E-state index contributed by atoms with van der Waals surface area (Å²) in [6, 6.07) is 1.96. The monoisotopic (exact) mass is 192 g/mol. The van der Waals surface area contributed by atoms with Crippen LogP contribution in [0.5, 0.6) is 0 Å². The number of aryl methyl sites for hydroxylation is 2. The van der Waals surface area contributed by atoms with Gasteiger partial charge in [-0.25, -0.2) is 4.98 Å². The molecule has 2 nitrogen and oxygen atoms in total. The molecule has 66 valence electrons. The number of fused-ring (bicyclic) bond motifs is 1. The lowest BCUT2D eigenvalue weighted by atomic mass is 10.1.